The zero-order chi connectivity index (χ0) is 24.3. The fourth-order valence-corrected chi connectivity index (χ4v) is 3.57. The number of hydrogen-bond donors (Lipinski definition) is 2. The van der Waals surface area contributed by atoms with Gasteiger partial charge in [-0.3, -0.25) is 20.4 Å². The number of rotatable bonds is 10. The Morgan fingerprint density at radius 2 is 1.18 bits per heavy atom. The average molecular weight is 463 g/mol. The van der Waals surface area contributed by atoms with Crippen molar-refractivity contribution in [3.63, 3.8) is 0 Å². The van der Waals surface area contributed by atoms with E-state index in [4.69, 9.17) is 14.2 Å². The van der Waals surface area contributed by atoms with Crippen LogP contribution in [0.3, 0.4) is 0 Å². The van der Waals surface area contributed by atoms with E-state index in [0.29, 0.717) is 37.1 Å². The lowest BCUT2D eigenvalue weighted by Gasteiger charge is -2.19. The predicted molar refractivity (Wildman–Crippen MR) is 130 cm³/mol. The maximum atomic E-state index is 13.2. The Morgan fingerprint density at radius 1 is 0.706 bits per heavy atom. The highest BCUT2D eigenvalue weighted by molar-refractivity contribution is 5.97. The van der Waals surface area contributed by atoms with Crippen molar-refractivity contribution in [3.8, 4) is 17.2 Å². The lowest BCUT2D eigenvalue weighted by molar-refractivity contribution is -0.122. The van der Waals surface area contributed by atoms with Crippen LogP contribution in [0.5, 0.6) is 17.2 Å². The lowest BCUT2D eigenvalue weighted by atomic mass is 9.91. The SMILES string of the molecule is CCOc1cc(C(=O)NNC(=O)C(c2ccccc2)c2ccccc2)cc(OCC)c1OCC. The Hall–Kier alpha value is -4.00. The van der Waals surface area contributed by atoms with Gasteiger partial charge in [0.2, 0.25) is 11.7 Å². The van der Waals surface area contributed by atoms with Crippen LogP contribution >= 0.6 is 0 Å². The molecule has 0 saturated heterocycles. The Morgan fingerprint density at radius 3 is 1.62 bits per heavy atom. The molecule has 0 aromatic heterocycles. The maximum Gasteiger partial charge on any atom is 0.269 e. The average Bonchev–Trinajstić information content (AvgIpc) is 2.86. The Kier molecular flexibility index (Phi) is 8.91. The molecule has 0 aliphatic heterocycles. The van der Waals surface area contributed by atoms with Crippen molar-refractivity contribution in [1.82, 2.24) is 10.9 Å². The molecule has 0 aliphatic carbocycles. The molecule has 0 fully saturated rings. The molecule has 3 aromatic rings. The van der Waals surface area contributed by atoms with Gasteiger partial charge in [-0.2, -0.15) is 0 Å². The number of benzene rings is 3. The predicted octanol–water partition coefficient (Wildman–Crippen LogP) is 4.48. The third-order valence-electron chi connectivity index (χ3n) is 5.00. The van der Waals surface area contributed by atoms with Crippen molar-refractivity contribution >= 4 is 11.8 Å². The Labute approximate surface area is 200 Å². The summed E-state index contributed by atoms with van der Waals surface area (Å²) in [7, 11) is 0. The van der Waals surface area contributed by atoms with Crippen molar-refractivity contribution in [2.75, 3.05) is 19.8 Å². The summed E-state index contributed by atoms with van der Waals surface area (Å²) in [5.41, 5.74) is 6.99. The normalized spacial score (nSPS) is 10.5. The summed E-state index contributed by atoms with van der Waals surface area (Å²) in [5, 5.41) is 0. The van der Waals surface area contributed by atoms with Gasteiger partial charge in [0.1, 0.15) is 0 Å². The van der Waals surface area contributed by atoms with Crippen LogP contribution in [-0.4, -0.2) is 31.6 Å². The molecule has 3 aromatic carbocycles. The van der Waals surface area contributed by atoms with E-state index in [0.717, 1.165) is 11.1 Å². The van der Waals surface area contributed by atoms with Crippen LogP contribution in [0.1, 0.15) is 48.2 Å². The number of ether oxygens (including phenoxy) is 3. The lowest BCUT2D eigenvalue weighted by Crippen LogP contribution is -2.44. The van der Waals surface area contributed by atoms with Gasteiger partial charge in [0.05, 0.1) is 25.7 Å². The smallest absolute Gasteiger partial charge is 0.269 e. The molecule has 0 heterocycles. The first-order chi connectivity index (χ1) is 16.6. The van der Waals surface area contributed by atoms with E-state index in [9.17, 15) is 9.59 Å². The summed E-state index contributed by atoms with van der Waals surface area (Å²) in [4.78, 5) is 26.1. The highest BCUT2D eigenvalue weighted by Gasteiger charge is 2.24. The molecular weight excluding hydrogens is 432 g/mol. The van der Waals surface area contributed by atoms with E-state index in [-0.39, 0.29) is 11.5 Å². The van der Waals surface area contributed by atoms with Gasteiger partial charge in [-0.1, -0.05) is 60.7 Å². The third-order valence-corrected chi connectivity index (χ3v) is 5.00. The molecule has 0 saturated carbocycles. The third kappa shape index (κ3) is 6.07. The second-order valence-corrected chi connectivity index (χ2v) is 7.30. The van der Waals surface area contributed by atoms with Gasteiger partial charge >= 0.3 is 0 Å². The van der Waals surface area contributed by atoms with Crippen LogP contribution in [0.25, 0.3) is 0 Å². The molecule has 0 atom stereocenters. The minimum Gasteiger partial charge on any atom is -0.490 e. The second-order valence-electron chi connectivity index (χ2n) is 7.30. The van der Waals surface area contributed by atoms with Crippen LogP contribution in [0.4, 0.5) is 0 Å². The molecule has 7 nitrogen and oxygen atoms in total. The molecule has 7 heteroatoms. The second kappa shape index (κ2) is 12.3. The fraction of sp³-hybridized carbons (Fsp3) is 0.259. The Bertz CT molecular complexity index is 1020. The first-order valence-corrected chi connectivity index (χ1v) is 11.4. The number of hydrogen-bond acceptors (Lipinski definition) is 5. The van der Waals surface area contributed by atoms with E-state index < -0.39 is 11.8 Å². The maximum absolute atomic E-state index is 13.2. The molecule has 0 radical (unpaired) electrons. The zero-order valence-electron chi connectivity index (χ0n) is 19.7. The number of amides is 2. The molecule has 0 aliphatic rings. The summed E-state index contributed by atoms with van der Waals surface area (Å²) in [5.74, 6) is -0.192. The van der Waals surface area contributed by atoms with Crippen LogP contribution < -0.4 is 25.1 Å². The molecule has 0 bridgehead atoms. The minimum absolute atomic E-state index is 0.270. The van der Waals surface area contributed by atoms with Crippen LogP contribution in [0.15, 0.2) is 72.8 Å². The number of nitrogens with one attached hydrogen (secondary N) is 2. The standard InChI is InChI=1S/C27H30N2O5/c1-4-32-22-17-21(18-23(33-5-2)25(22)34-6-3)26(30)28-29-27(31)24(19-13-9-7-10-14-19)20-15-11-8-12-16-20/h7-18,24H,4-6H2,1-3H3,(H,28,30)(H,29,31). The largest absolute Gasteiger partial charge is 0.490 e. The van der Waals surface area contributed by atoms with Gasteiger partial charge in [-0.25, -0.2) is 0 Å². The topological polar surface area (TPSA) is 85.9 Å². The minimum atomic E-state index is -0.582. The zero-order valence-corrected chi connectivity index (χ0v) is 19.7. The molecule has 0 spiro atoms. The van der Waals surface area contributed by atoms with Gasteiger partial charge in [-0.05, 0) is 44.0 Å². The highest BCUT2D eigenvalue weighted by Crippen LogP contribution is 2.39. The Balaban J connectivity index is 1.82. The van der Waals surface area contributed by atoms with Crippen molar-refractivity contribution in [2.45, 2.75) is 26.7 Å². The summed E-state index contributed by atoms with van der Waals surface area (Å²) in [6, 6.07) is 22.0. The molecule has 178 valence electrons. The van der Waals surface area contributed by atoms with Crippen molar-refractivity contribution in [2.24, 2.45) is 0 Å². The van der Waals surface area contributed by atoms with Gasteiger partial charge in [-0.15, -0.1) is 0 Å². The van der Waals surface area contributed by atoms with Crippen molar-refractivity contribution in [1.29, 1.82) is 0 Å². The fourth-order valence-electron chi connectivity index (χ4n) is 3.57. The van der Waals surface area contributed by atoms with E-state index in [1.165, 1.54) is 0 Å². The van der Waals surface area contributed by atoms with Crippen LogP contribution in [0, 0.1) is 0 Å². The first-order valence-electron chi connectivity index (χ1n) is 11.4. The number of carbonyl (C=O) groups excluding carboxylic acids is 2. The molecule has 2 amide bonds. The number of carbonyl (C=O) groups is 2. The molecule has 3 rings (SSSR count). The highest BCUT2D eigenvalue weighted by atomic mass is 16.5. The van der Waals surface area contributed by atoms with Gasteiger partial charge in [0.25, 0.3) is 5.91 Å². The van der Waals surface area contributed by atoms with E-state index >= 15 is 0 Å². The monoisotopic (exact) mass is 462 g/mol. The van der Waals surface area contributed by atoms with Crippen molar-refractivity contribution < 1.29 is 23.8 Å². The summed E-state index contributed by atoms with van der Waals surface area (Å²) in [6.07, 6.45) is 0. The first kappa shape index (κ1) is 24.6. The van der Waals surface area contributed by atoms with Crippen LogP contribution in [-0.2, 0) is 4.79 Å². The van der Waals surface area contributed by atoms with Crippen molar-refractivity contribution in [3.05, 3.63) is 89.5 Å². The van der Waals surface area contributed by atoms with Gasteiger partial charge in [0.15, 0.2) is 11.5 Å². The summed E-state index contributed by atoms with van der Waals surface area (Å²) in [6.45, 7) is 6.75. The molecular formula is C27H30N2O5. The quantitative estimate of drug-likeness (QED) is 0.434. The van der Waals surface area contributed by atoms with E-state index in [1.807, 2.05) is 81.4 Å². The number of hydrazine groups is 1. The van der Waals surface area contributed by atoms with E-state index in [1.54, 1.807) is 12.1 Å². The van der Waals surface area contributed by atoms with Gasteiger partial charge < -0.3 is 14.2 Å². The van der Waals surface area contributed by atoms with E-state index in [2.05, 4.69) is 10.9 Å². The van der Waals surface area contributed by atoms with Gasteiger partial charge in [0, 0.05) is 5.56 Å². The molecule has 0 unspecified atom stereocenters. The summed E-state index contributed by atoms with van der Waals surface area (Å²) >= 11 is 0. The summed E-state index contributed by atoms with van der Waals surface area (Å²) < 4.78 is 17.0. The molecule has 34 heavy (non-hydrogen) atoms. The van der Waals surface area contributed by atoms with Crippen LogP contribution in [0.2, 0.25) is 0 Å². The molecule has 2 N–H and O–H groups in total.